The van der Waals surface area contributed by atoms with Crippen molar-refractivity contribution in [1.29, 1.82) is 0 Å². The van der Waals surface area contributed by atoms with Crippen LogP contribution in [0.4, 0.5) is 4.39 Å². The Kier molecular flexibility index (Phi) is 5.20. The van der Waals surface area contributed by atoms with E-state index < -0.39 is 5.82 Å². The second kappa shape index (κ2) is 7.53. The zero-order valence-corrected chi connectivity index (χ0v) is 13.9. The fraction of sp³-hybridized carbons (Fsp3) is 0.368. The topological polar surface area (TPSA) is 36.4 Å². The molecular weight excluding hydrogens is 305 g/mol. The van der Waals surface area contributed by atoms with Crippen molar-refractivity contribution in [2.75, 3.05) is 20.1 Å². The first-order valence-electron chi connectivity index (χ1n) is 8.28. The lowest BCUT2D eigenvalue weighted by molar-refractivity contribution is 0.0604. The summed E-state index contributed by atoms with van der Waals surface area (Å²) in [5, 5.41) is 0. The molecule has 1 aromatic heterocycles. The van der Waals surface area contributed by atoms with Gasteiger partial charge in [0.15, 0.2) is 5.82 Å². The van der Waals surface area contributed by atoms with Crippen LogP contribution in [0.5, 0.6) is 0 Å². The SMILES string of the molecule is CN(C(=O)c1ccncc1F)[C@@H]1CCCN(Cc2ccccc2)C1. The number of aromatic nitrogens is 1. The van der Waals surface area contributed by atoms with Gasteiger partial charge in [-0.3, -0.25) is 14.7 Å². The lowest BCUT2D eigenvalue weighted by Gasteiger charge is -2.37. The van der Waals surface area contributed by atoms with Crippen LogP contribution in [0.3, 0.4) is 0 Å². The van der Waals surface area contributed by atoms with Gasteiger partial charge in [0.25, 0.3) is 5.91 Å². The number of amides is 1. The Morgan fingerprint density at radius 3 is 2.88 bits per heavy atom. The summed E-state index contributed by atoms with van der Waals surface area (Å²) >= 11 is 0. The maximum Gasteiger partial charge on any atom is 0.256 e. The summed E-state index contributed by atoms with van der Waals surface area (Å²) < 4.78 is 13.8. The molecule has 126 valence electrons. The van der Waals surface area contributed by atoms with Crippen LogP contribution in [-0.2, 0) is 6.54 Å². The number of piperidine rings is 1. The quantitative estimate of drug-likeness (QED) is 0.866. The highest BCUT2D eigenvalue weighted by Crippen LogP contribution is 2.19. The Morgan fingerprint density at radius 1 is 1.33 bits per heavy atom. The molecule has 0 saturated carbocycles. The van der Waals surface area contributed by atoms with Crippen LogP contribution >= 0.6 is 0 Å². The summed E-state index contributed by atoms with van der Waals surface area (Å²) in [6.45, 7) is 2.71. The summed E-state index contributed by atoms with van der Waals surface area (Å²) in [6.07, 6.45) is 4.52. The number of carbonyl (C=O) groups is 1. The highest BCUT2D eigenvalue weighted by molar-refractivity contribution is 5.94. The predicted octanol–water partition coefficient (Wildman–Crippen LogP) is 2.96. The van der Waals surface area contributed by atoms with Crippen molar-refractivity contribution < 1.29 is 9.18 Å². The van der Waals surface area contributed by atoms with Crippen molar-refractivity contribution >= 4 is 5.91 Å². The smallest absolute Gasteiger partial charge is 0.256 e. The minimum Gasteiger partial charge on any atom is -0.337 e. The molecule has 3 rings (SSSR count). The van der Waals surface area contributed by atoms with Crippen LogP contribution in [-0.4, -0.2) is 46.9 Å². The van der Waals surface area contributed by atoms with Crippen molar-refractivity contribution in [2.45, 2.75) is 25.4 Å². The Hall–Kier alpha value is -2.27. The second-order valence-electron chi connectivity index (χ2n) is 6.29. The highest BCUT2D eigenvalue weighted by atomic mass is 19.1. The lowest BCUT2D eigenvalue weighted by Crippen LogP contribution is -2.48. The van der Waals surface area contributed by atoms with Crippen LogP contribution in [0.25, 0.3) is 0 Å². The number of pyridine rings is 1. The number of hydrogen-bond acceptors (Lipinski definition) is 3. The van der Waals surface area contributed by atoms with Crippen molar-refractivity contribution in [1.82, 2.24) is 14.8 Å². The fourth-order valence-electron chi connectivity index (χ4n) is 3.24. The number of halogens is 1. The molecule has 0 aliphatic carbocycles. The van der Waals surface area contributed by atoms with Crippen molar-refractivity contribution in [3.63, 3.8) is 0 Å². The van der Waals surface area contributed by atoms with Gasteiger partial charge in [-0.25, -0.2) is 4.39 Å². The van der Waals surface area contributed by atoms with Crippen molar-refractivity contribution in [3.05, 3.63) is 65.7 Å². The number of rotatable bonds is 4. The first-order chi connectivity index (χ1) is 11.6. The van der Waals surface area contributed by atoms with Crippen LogP contribution in [0, 0.1) is 5.82 Å². The average molecular weight is 327 g/mol. The lowest BCUT2D eigenvalue weighted by atomic mass is 10.0. The maximum absolute atomic E-state index is 13.8. The molecule has 0 spiro atoms. The van der Waals surface area contributed by atoms with Crippen molar-refractivity contribution in [3.8, 4) is 0 Å². The standard InChI is InChI=1S/C19H22FN3O/c1-22(19(24)17-9-10-21-12-18(17)20)16-8-5-11-23(14-16)13-15-6-3-2-4-7-15/h2-4,6-7,9-10,12,16H,5,8,11,13-14H2,1H3/t16-/m1/s1. The van der Waals surface area contributed by atoms with Crippen LogP contribution in [0.15, 0.2) is 48.8 Å². The largest absolute Gasteiger partial charge is 0.337 e. The van der Waals surface area contributed by atoms with E-state index in [1.54, 1.807) is 11.9 Å². The van der Waals surface area contributed by atoms with Gasteiger partial charge >= 0.3 is 0 Å². The van der Waals surface area contributed by atoms with Gasteiger partial charge in [0.05, 0.1) is 11.8 Å². The zero-order chi connectivity index (χ0) is 16.9. The molecule has 1 atom stereocenters. The van der Waals surface area contributed by atoms with Gasteiger partial charge in [-0.15, -0.1) is 0 Å². The van der Waals surface area contributed by atoms with Gasteiger partial charge in [0.2, 0.25) is 0 Å². The van der Waals surface area contributed by atoms with E-state index in [2.05, 4.69) is 22.0 Å². The third-order valence-corrected chi connectivity index (χ3v) is 4.60. The molecule has 5 heteroatoms. The summed E-state index contributed by atoms with van der Waals surface area (Å²) in [6, 6.07) is 11.9. The van der Waals surface area contributed by atoms with E-state index >= 15 is 0 Å². The monoisotopic (exact) mass is 327 g/mol. The van der Waals surface area contributed by atoms with Gasteiger partial charge in [-0.05, 0) is 31.0 Å². The molecule has 1 amide bonds. The van der Waals surface area contributed by atoms with Gasteiger partial charge in [-0.1, -0.05) is 30.3 Å². The van der Waals surface area contributed by atoms with Crippen molar-refractivity contribution in [2.24, 2.45) is 0 Å². The molecular formula is C19H22FN3O. The van der Waals surface area contributed by atoms with Crippen LogP contribution in [0.2, 0.25) is 0 Å². The number of benzene rings is 1. The maximum atomic E-state index is 13.8. The van der Waals surface area contributed by atoms with E-state index in [0.29, 0.717) is 0 Å². The number of hydrogen-bond donors (Lipinski definition) is 0. The van der Waals surface area contributed by atoms with E-state index in [1.807, 2.05) is 18.2 Å². The molecule has 1 aromatic carbocycles. The Bertz CT molecular complexity index is 692. The molecule has 1 aliphatic rings. The van der Waals surface area contributed by atoms with E-state index in [9.17, 15) is 9.18 Å². The number of likely N-dealkylation sites (N-methyl/N-ethyl adjacent to an activating group) is 1. The highest BCUT2D eigenvalue weighted by Gasteiger charge is 2.27. The van der Waals surface area contributed by atoms with E-state index in [1.165, 1.54) is 17.8 Å². The first-order valence-corrected chi connectivity index (χ1v) is 8.28. The molecule has 1 fully saturated rings. The van der Waals surface area contributed by atoms with E-state index in [0.717, 1.165) is 38.7 Å². The normalized spacial score (nSPS) is 18.3. The third-order valence-electron chi connectivity index (χ3n) is 4.60. The summed E-state index contributed by atoms with van der Waals surface area (Å²) in [5.74, 6) is -0.840. The van der Waals surface area contributed by atoms with E-state index in [-0.39, 0.29) is 17.5 Å². The molecule has 0 radical (unpaired) electrons. The Balaban J connectivity index is 1.65. The molecule has 0 bridgehead atoms. The molecule has 1 aliphatic heterocycles. The molecule has 24 heavy (non-hydrogen) atoms. The van der Waals surface area contributed by atoms with Gasteiger partial charge in [0.1, 0.15) is 0 Å². The molecule has 0 N–H and O–H groups in total. The first kappa shape index (κ1) is 16.6. The zero-order valence-electron chi connectivity index (χ0n) is 13.9. The van der Waals surface area contributed by atoms with Crippen LogP contribution < -0.4 is 0 Å². The minimum atomic E-state index is -0.564. The Labute approximate surface area is 141 Å². The average Bonchev–Trinajstić information content (AvgIpc) is 2.62. The molecule has 1 saturated heterocycles. The molecule has 0 unspecified atom stereocenters. The predicted molar refractivity (Wildman–Crippen MR) is 91.0 cm³/mol. The summed E-state index contributed by atoms with van der Waals surface area (Å²) in [4.78, 5) is 20.3. The second-order valence-corrected chi connectivity index (χ2v) is 6.29. The van der Waals surface area contributed by atoms with E-state index in [4.69, 9.17) is 0 Å². The van der Waals surface area contributed by atoms with Gasteiger partial charge in [0, 0.05) is 32.4 Å². The summed E-state index contributed by atoms with van der Waals surface area (Å²) in [5.41, 5.74) is 1.36. The van der Waals surface area contributed by atoms with Gasteiger partial charge in [-0.2, -0.15) is 0 Å². The number of likely N-dealkylation sites (tertiary alicyclic amines) is 1. The fourth-order valence-corrected chi connectivity index (χ4v) is 3.24. The molecule has 2 heterocycles. The minimum absolute atomic E-state index is 0.0904. The van der Waals surface area contributed by atoms with Gasteiger partial charge < -0.3 is 4.90 Å². The van der Waals surface area contributed by atoms with Crippen LogP contribution in [0.1, 0.15) is 28.8 Å². The Morgan fingerprint density at radius 2 is 2.12 bits per heavy atom. The number of nitrogens with zero attached hydrogens (tertiary/aromatic N) is 3. The molecule has 4 nitrogen and oxygen atoms in total. The summed E-state index contributed by atoms with van der Waals surface area (Å²) in [7, 11) is 1.76. The molecule has 2 aromatic rings. The third kappa shape index (κ3) is 3.79. The number of carbonyl (C=O) groups excluding carboxylic acids is 1.